The highest BCUT2D eigenvalue weighted by molar-refractivity contribution is 6.08. The predicted molar refractivity (Wildman–Crippen MR) is 101 cm³/mol. The number of anilines is 3. The number of aromatic nitrogens is 1. The standard InChI is InChI=1S/C20H19N3O3/c1-13-9-10-15(17(24)12-13)23-20(25)14-6-5-11-21-19(14)22-16-7-3-4-8-18(16)26-2/h3-12,24H,1-2H3,(H,21,22)(H,23,25). The van der Waals surface area contributed by atoms with Crippen LogP contribution in [0.3, 0.4) is 0 Å². The Morgan fingerprint density at radius 2 is 1.88 bits per heavy atom. The summed E-state index contributed by atoms with van der Waals surface area (Å²) >= 11 is 0. The lowest BCUT2D eigenvalue weighted by molar-refractivity contribution is 0.102. The molecule has 0 spiro atoms. The molecule has 1 amide bonds. The summed E-state index contributed by atoms with van der Waals surface area (Å²) in [6.07, 6.45) is 1.60. The van der Waals surface area contributed by atoms with Gasteiger partial charge in [-0.1, -0.05) is 18.2 Å². The van der Waals surface area contributed by atoms with Crippen molar-refractivity contribution >= 4 is 23.1 Å². The fourth-order valence-corrected chi connectivity index (χ4v) is 2.50. The van der Waals surface area contributed by atoms with Crippen molar-refractivity contribution < 1.29 is 14.6 Å². The summed E-state index contributed by atoms with van der Waals surface area (Å²) in [6, 6.07) is 15.8. The van der Waals surface area contributed by atoms with Crippen LogP contribution in [0.2, 0.25) is 0 Å². The van der Waals surface area contributed by atoms with Crippen LogP contribution >= 0.6 is 0 Å². The largest absolute Gasteiger partial charge is 0.506 e. The lowest BCUT2D eigenvalue weighted by atomic mass is 10.2. The van der Waals surface area contributed by atoms with E-state index in [0.29, 0.717) is 28.5 Å². The van der Waals surface area contributed by atoms with Crippen LogP contribution in [0.5, 0.6) is 11.5 Å². The molecule has 0 aliphatic rings. The number of phenolic OH excluding ortho intramolecular Hbond substituents is 1. The summed E-state index contributed by atoms with van der Waals surface area (Å²) in [5.74, 6) is 0.665. The monoisotopic (exact) mass is 349 g/mol. The number of aryl methyl sites for hydroxylation is 1. The minimum absolute atomic E-state index is 0.0153. The maximum Gasteiger partial charge on any atom is 0.259 e. The van der Waals surface area contributed by atoms with E-state index >= 15 is 0 Å². The molecule has 132 valence electrons. The third kappa shape index (κ3) is 3.75. The molecule has 2 aromatic carbocycles. The lowest BCUT2D eigenvalue weighted by Crippen LogP contribution is -2.15. The molecule has 0 saturated heterocycles. The molecule has 0 aliphatic heterocycles. The average Bonchev–Trinajstić information content (AvgIpc) is 2.65. The molecule has 26 heavy (non-hydrogen) atoms. The molecule has 0 atom stereocenters. The number of ether oxygens (including phenoxy) is 1. The Morgan fingerprint density at radius 1 is 1.08 bits per heavy atom. The van der Waals surface area contributed by atoms with Crippen molar-refractivity contribution in [2.45, 2.75) is 6.92 Å². The van der Waals surface area contributed by atoms with E-state index < -0.39 is 0 Å². The van der Waals surface area contributed by atoms with Gasteiger partial charge in [0.1, 0.15) is 17.3 Å². The maximum atomic E-state index is 12.7. The van der Waals surface area contributed by atoms with Crippen LogP contribution in [0.4, 0.5) is 17.2 Å². The Morgan fingerprint density at radius 3 is 2.65 bits per heavy atom. The molecule has 6 heteroatoms. The van der Waals surface area contributed by atoms with E-state index in [0.717, 1.165) is 5.56 Å². The van der Waals surface area contributed by atoms with Crippen molar-refractivity contribution in [1.82, 2.24) is 4.98 Å². The fourth-order valence-electron chi connectivity index (χ4n) is 2.50. The Kier molecular flexibility index (Phi) is 5.03. The van der Waals surface area contributed by atoms with Crippen molar-refractivity contribution in [3.05, 3.63) is 71.9 Å². The number of aromatic hydroxyl groups is 1. The number of methoxy groups -OCH3 is 1. The number of rotatable bonds is 5. The van der Waals surface area contributed by atoms with Gasteiger partial charge in [-0.05, 0) is 48.9 Å². The number of para-hydroxylation sites is 2. The number of benzene rings is 2. The summed E-state index contributed by atoms with van der Waals surface area (Å²) in [4.78, 5) is 16.9. The average molecular weight is 349 g/mol. The zero-order chi connectivity index (χ0) is 18.5. The van der Waals surface area contributed by atoms with E-state index in [-0.39, 0.29) is 11.7 Å². The summed E-state index contributed by atoms with van der Waals surface area (Å²) in [5, 5.41) is 15.8. The summed E-state index contributed by atoms with van der Waals surface area (Å²) < 4.78 is 5.32. The summed E-state index contributed by atoms with van der Waals surface area (Å²) in [6.45, 7) is 1.86. The van der Waals surface area contributed by atoms with Gasteiger partial charge in [0.05, 0.1) is 24.0 Å². The molecule has 0 aliphatic carbocycles. The third-order valence-electron chi connectivity index (χ3n) is 3.81. The van der Waals surface area contributed by atoms with Gasteiger partial charge in [0.15, 0.2) is 0 Å². The van der Waals surface area contributed by atoms with E-state index in [4.69, 9.17) is 4.74 Å². The first kappa shape index (κ1) is 17.3. The Hall–Kier alpha value is -3.54. The number of hydrogen-bond acceptors (Lipinski definition) is 5. The van der Waals surface area contributed by atoms with E-state index in [1.54, 1.807) is 37.6 Å². The number of carbonyl (C=O) groups is 1. The van der Waals surface area contributed by atoms with Crippen LogP contribution < -0.4 is 15.4 Å². The molecule has 0 fully saturated rings. The number of amides is 1. The molecule has 1 heterocycles. The van der Waals surface area contributed by atoms with Crippen molar-refractivity contribution in [1.29, 1.82) is 0 Å². The number of hydrogen-bond donors (Lipinski definition) is 3. The summed E-state index contributed by atoms with van der Waals surface area (Å²) in [5.41, 5.74) is 2.28. The van der Waals surface area contributed by atoms with E-state index in [9.17, 15) is 9.90 Å². The van der Waals surface area contributed by atoms with Gasteiger partial charge in [-0.15, -0.1) is 0 Å². The van der Waals surface area contributed by atoms with E-state index in [2.05, 4.69) is 15.6 Å². The zero-order valence-electron chi connectivity index (χ0n) is 14.5. The minimum Gasteiger partial charge on any atom is -0.506 e. The molecular formula is C20H19N3O3. The molecule has 3 N–H and O–H groups in total. The predicted octanol–water partition coefficient (Wildman–Crippen LogP) is 4.10. The molecule has 6 nitrogen and oxygen atoms in total. The highest BCUT2D eigenvalue weighted by atomic mass is 16.5. The van der Waals surface area contributed by atoms with Crippen molar-refractivity contribution in [2.24, 2.45) is 0 Å². The molecule has 0 bridgehead atoms. The van der Waals surface area contributed by atoms with Crippen LogP contribution in [0, 0.1) is 6.92 Å². The molecule has 1 aromatic heterocycles. The lowest BCUT2D eigenvalue weighted by Gasteiger charge is -2.14. The SMILES string of the molecule is COc1ccccc1Nc1ncccc1C(=O)Nc1ccc(C)cc1O. The third-order valence-corrected chi connectivity index (χ3v) is 3.81. The van der Waals surface area contributed by atoms with Crippen LogP contribution in [0.15, 0.2) is 60.8 Å². The Labute approximate surface area is 151 Å². The molecule has 0 saturated carbocycles. The van der Waals surface area contributed by atoms with Crippen molar-refractivity contribution in [3.63, 3.8) is 0 Å². The van der Waals surface area contributed by atoms with Gasteiger partial charge in [-0.2, -0.15) is 0 Å². The second-order valence-corrected chi connectivity index (χ2v) is 5.70. The van der Waals surface area contributed by atoms with Gasteiger partial charge in [0.2, 0.25) is 0 Å². The van der Waals surface area contributed by atoms with Crippen LogP contribution in [-0.4, -0.2) is 23.1 Å². The second kappa shape index (κ2) is 7.57. The first-order chi connectivity index (χ1) is 12.6. The Bertz CT molecular complexity index is 941. The van der Waals surface area contributed by atoms with Gasteiger partial charge in [0, 0.05) is 6.20 Å². The number of pyridine rings is 1. The number of phenols is 1. The van der Waals surface area contributed by atoms with Gasteiger partial charge in [-0.25, -0.2) is 4.98 Å². The maximum absolute atomic E-state index is 12.7. The number of carbonyl (C=O) groups excluding carboxylic acids is 1. The topological polar surface area (TPSA) is 83.5 Å². The Balaban J connectivity index is 1.88. The first-order valence-corrected chi connectivity index (χ1v) is 8.04. The minimum atomic E-state index is -0.380. The zero-order valence-corrected chi connectivity index (χ0v) is 14.5. The number of nitrogens with zero attached hydrogens (tertiary/aromatic N) is 1. The van der Waals surface area contributed by atoms with Gasteiger partial charge < -0.3 is 20.5 Å². The van der Waals surface area contributed by atoms with Crippen LogP contribution in [0.1, 0.15) is 15.9 Å². The number of nitrogens with one attached hydrogen (secondary N) is 2. The second-order valence-electron chi connectivity index (χ2n) is 5.70. The highest BCUT2D eigenvalue weighted by Crippen LogP contribution is 2.29. The van der Waals surface area contributed by atoms with Crippen molar-refractivity contribution in [2.75, 3.05) is 17.7 Å². The molecule has 3 aromatic rings. The normalized spacial score (nSPS) is 10.2. The van der Waals surface area contributed by atoms with Crippen LogP contribution in [-0.2, 0) is 0 Å². The first-order valence-electron chi connectivity index (χ1n) is 8.04. The molecular weight excluding hydrogens is 330 g/mol. The molecule has 0 unspecified atom stereocenters. The van der Waals surface area contributed by atoms with Gasteiger partial charge in [-0.3, -0.25) is 4.79 Å². The van der Waals surface area contributed by atoms with E-state index in [1.165, 1.54) is 0 Å². The van der Waals surface area contributed by atoms with E-state index in [1.807, 2.05) is 37.3 Å². The van der Waals surface area contributed by atoms with Gasteiger partial charge >= 0.3 is 0 Å². The quantitative estimate of drug-likeness (QED) is 0.604. The fraction of sp³-hybridized carbons (Fsp3) is 0.100. The van der Waals surface area contributed by atoms with Gasteiger partial charge in [0.25, 0.3) is 5.91 Å². The molecule has 3 rings (SSSR count). The highest BCUT2D eigenvalue weighted by Gasteiger charge is 2.15. The van der Waals surface area contributed by atoms with Crippen LogP contribution in [0.25, 0.3) is 0 Å². The van der Waals surface area contributed by atoms with Crippen molar-refractivity contribution in [3.8, 4) is 11.5 Å². The smallest absolute Gasteiger partial charge is 0.259 e. The molecule has 0 radical (unpaired) electrons. The summed E-state index contributed by atoms with van der Waals surface area (Å²) in [7, 11) is 1.58.